The van der Waals surface area contributed by atoms with Crippen LogP contribution in [0.1, 0.15) is 39.0 Å². The summed E-state index contributed by atoms with van der Waals surface area (Å²) in [5.41, 5.74) is 10.5. The van der Waals surface area contributed by atoms with E-state index in [0.29, 0.717) is 12.8 Å². The fourth-order valence-corrected chi connectivity index (χ4v) is 3.03. The lowest BCUT2D eigenvalue weighted by atomic mass is 10.1. The number of amides is 4. The molecule has 1 aliphatic rings. The van der Waals surface area contributed by atoms with Crippen molar-refractivity contribution < 1.29 is 39.0 Å². The zero-order valence-corrected chi connectivity index (χ0v) is 16.5. The molecule has 0 aromatic rings. The fourth-order valence-electron chi connectivity index (χ4n) is 3.03. The van der Waals surface area contributed by atoms with E-state index in [0.717, 1.165) is 4.90 Å². The first-order valence-electron chi connectivity index (χ1n) is 9.33. The van der Waals surface area contributed by atoms with Gasteiger partial charge in [0.1, 0.15) is 18.1 Å². The number of carbonyl (C=O) groups is 6. The first-order valence-corrected chi connectivity index (χ1v) is 9.33. The van der Waals surface area contributed by atoms with E-state index < -0.39 is 66.2 Å². The fraction of sp³-hybridized carbons (Fsp3) is 0.647. The first kappa shape index (κ1) is 24.8. The number of nitrogens with zero attached hydrogens (tertiary/aromatic N) is 1. The second-order valence-corrected chi connectivity index (χ2v) is 7.03. The van der Waals surface area contributed by atoms with Gasteiger partial charge in [0.05, 0.1) is 12.5 Å². The SMILES string of the molecule is CC(NC(=O)C(CCC(N)=O)NC(=O)C(N)CC(=O)O)C(=O)N1CCCC1C(=O)O. The molecule has 168 valence electrons. The van der Waals surface area contributed by atoms with Crippen molar-refractivity contribution in [3.8, 4) is 0 Å². The van der Waals surface area contributed by atoms with E-state index in [-0.39, 0.29) is 19.4 Å². The van der Waals surface area contributed by atoms with Gasteiger partial charge in [-0.05, 0) is 26.2 Å². The second kappa shape index (κ2) is 11.1. The third-order valence-electron chi connectivity index (χ3n) is 4.59. The molecule has 1 heterocycles. The molecule has 0 radical (unpaired) electrons. The van der Waals surface area contributed by atoms with Gasteiger partial charge in [-0.25, -0.2) is 4.79 Å². The lowest BCUT2D eigenvalue weighted by Crippen LogP contribution is -2.56. The predicted octanol–water partition coefficient (Wildman–Crippen LogP) is -2.88. The number of nitrogens with two attached hydrogens (primary N) is 2. The third kappa shape index (κ3) is 7.31. The van der Waals surface area contributed by atoms with Crippen LogP contribution in [0.2, 0.25) is 0 Å². The molecule has 30 heavy (non-hydrogen) atoms. The Balaban J connectivity index is 2.81. The third-order valence-corrected chi connectivity index (χ3v) is 4.59. The molecule has 1 aliphatic heterocycles. The monoisotopic (exact) mass is 429 g/mol. The number of likely N-dealkylation sites (tertiary alicyclic amines) is 1. The molecule has 4 amide bonds. The topological polar surface area (TPSA) is 222 Å². The van der Waals surface area contributed by atoms with Crippen LogP contribution in [0.5, 0.6) is 0 Å². The van der Waals surface area contributed by atoms with Crippen LogP contribution < -0.4 is 22.1 Å². The molecule has 13 heteroatoms. The minimum absolute atomic E-state index is 0.199. The van der Waals surface area contributed by atoms with E-state index >= 15 is 0 Å². The highest BCUT2D eigenvalue weighted by atomic mass is 16.4. The smallest absolute Gasteiger partial charge is 0.326 e. The molecular weight excluding hydrogens is 402 g/mol. The van der Waals surface area contributed by atoms with Crippen LogP contribution in [0, 0.1) is 0 Å². The summed E-state index contributed by atoms with van der Waals surface area (Å²) < 4.78 is 0. The Morgan fingerprint density at radius 2 is 1.73 bits per heavy atom. The lowest BCUT2D eigenvalue weighted by Gasteiger charge is -2.27. The molecule has 1 saturated heterocycles. The van der Waals surface area contributed by atoms with Gasteiger partial charge in [-0.1, -0.05) is 0 Å². The summed E-state index contributed by atoms with van der Waals surface area (Å²) in [5, 5.41) is 22.5. The number of carboxylic acids is 2. The lowest BCUT2D eigenvalue weighted by molar-refractivity contribution is -0.149. The molecule has 0 aliphatic carbocycles. The van der Waals surface area contributed by atoms with Crippen molar-refractivity contribution in [1.82, 2.24) is 15.5 Å². The Hall–Kier alpha value is -3.22. The Morgan fingerprint density at radius 1 is 1.10 bits per heavy atom. The Kier molecular flexibility index (Phi) is 9.17. The van der Waals surface area contributed by atoms with Gasteiger partial charge in [-0.3, -0.25) is 24.0 Å². The van der Waals surface area contributed by atoms with E-state index in [1.165, 1.54) is 6.92 Å². The van der Waals surface area contributed by atoms with Crippen molar-refractivity contribution >= 4 is 35.6 Å². The van der Waals surface area contributed by atoms with Gasteiger partial charge < -0.3 is 37.2 Å². The number of hydrogen-bond acceptors (Lipinski definition) is 7. The van der Waals surface area contributed by atoms with Crippen molar-refractivity contribution in [3.05, 3.63) is 0 Å². The van der Waals surface area contributed by atoms with Gasteiger partial charge in [-0.15, -0.1) is 0 Å². The summed E-state index contributed by atoms with van der Waals surface area (Å²) in [6, 6.07) is -4.80. The van der Waals surface area contributed by atoms with E-state index in [4.69, 9.17) is 16.6 Å². The molecule has 13 nitrogen and oxygen atoms in total. The van der Waals surface area contributed by atoms with Gasteiger partial charge in [0.15, 0.2) is 0 Å². The van der Waals surface area contributed by atoms with Crippen molar-refractivity contribution in [2.24, 2.45) is 11.5 Å². The van der Waals surface area contributed by atoms with Crippen LogP contribution in [0.25, 0.3) is 0 Å². The molecule has 0 aromatic heterocycles. The maximum Gasteiger partial charge on any atom is 0.326 e. The standard InChI is InChI=1S/C17H27N5O8/c1-8(16(28)22-6-2-3-11(22)17(29)30)20-15(27)10(4-5-12(19)23)21-14(26)9(18)7-13(24)25/h8-11H,2-7,18H2,1H3,(H2,19,23)(H,20,27)(H,21,26)(H,24,25)(H,29,30). The van der Waals surface area contributed by atoms with Gasteiger partial charge in [0.25, 0.3) is 0 Å². The van der Waals surface area contributed by atoms with Crippen molar-refractivity contribution in [2.45, 2.75) is 63.2 Å². The maximum absolute atomic E-state index is 12.6. The molecule has 1 rings (SSSR count). The van der Waals surface area contributed by atoms with Gasteiger partial charge in [-0.2, -0.15) is 0 Å². The summed E-state index contributed by atoms with van der Waals surface area (Å²) in [4.78, 5) is 71.3. The minimum Gasteiger partial charge on any atom is -0.481 e. The largest absolute Gasteiger partial charge is 0.481 e. The average molecular weight is 429 g/mol. The summed E-state index contributed by atoms with van der Waals surface area (Å²) in [5.74, 6) is -5.53. The van der Waals surface area contributed by atoms with Crippen molar-refractivity contribution in [2.75, 3.05) is 6.54 Å². The van der Waals surface area contributed by atoms with E-state index in [1.807, 2.05) is 0 Å². The zero-order chi connectivity index (χ0) is 23.0. The highest BCUT2D eigenvalue weighted by molar-refractivity contribution is 5.95. The average Bonchev–Trinajstić information content (AvgIpc) is 3.13. The normalized spacial score (nSPS) is 18.7. The van der Waals surface area contributed by atoms with Gasteiger partial charge >= 0.3 is 11.9 Å². The number of nitrogens with one attached hydrogen (secondary N) is 2. The summed E-state index contributed by atoms with van der Waals surface area (Å²) in [6.45, 7) is 1.60. The number of aliphatic carboxylic acids is 2. The zero-order valence-electron chi connectivity index (χ0n) is 16.5. The van der Waals surface area contributed by atoms with Gasteiger partial charge in [0.2, 0.25) is 23.6 Å². The number of carbonyl (C=O) groups excluding carboxylic acids is 4. The molecular formula is C17H27N5O8. The highest BCUT2D eigenvalue weighted by Gasteiger charge is 2.37. The molecule has 0 saturated carbocycles. The quantitative estimate of drug-likeness (QED) is 0.198. The molecule has 4 unspecified atom stereocenters. The predicted molar refractivity (Wildman–Crippen MR) is 101 cm³/mol. The van der Waals surface area contributed by atoms with E-state index in [2.05, 4.69) is 10.6 Å². The molecule has 0 aromatic carbocycles. The van der Waals surface area contributed by atoms with Crippen LogP contribution in [0.4, 0.5) is 0 Å². The Morgan fingerprint density at radius 3 is 2.27 bits per heavy atom. The summed E-state index contributed by atoms with van der Waals surface area (Å²) in [7, 11) is 0. The van der Waals surface area contributed by atoms with Crippen LogP contribution in [-0.2, 0) is 28.8 Å². The maximum atomic E-state index is 12.6. The highest BCUT2D eigenvalue weighted by Crippen LogP contribution is 2.18. The molecule has 8 N–H and O–H groups in total. The molecule has 0 bridgehead atoms. The van der Waals surface area contributed by atoms with E-state index in [1.54, 1.807) is 0 Å². The number of primary amides is 1. The van der Waals surface area contributed by atoms with Crippen molar-refractivity contribution in [1.29, 1.82) is 0 Å². The molecule has 4 atom stereocenters. The van der Waals surface area contributed by atoms with Crippen LogP contribution >= 0.6 is 0 Å². The van der Waals surface area contributed by atoms with Crippen LogP contribution in [0.15, 0.2) is 0 Å². The summed E-state index contributed by atoms with van der Waals surface area (Å²) >= 11 is 0. The Bertz CT molecular complexity index is 712. The van der Waals surface area contributed by atoms with Crippen LogP contribution in [-0.4, -0.2) is 81.4 Å². The van der Waals surface area contributed by atoms with Crippen LogP contribution in [0.3, 0.4) is 0 Å². The Labute approximate surface area is 172 Å². The van der Waals surface area contributed by atoms with Crippen molar-refractivity contribution in [3.63, 3.8) is 0 Å². The summed E-state index contributed by atoms with van der Waals surface area (Å²) in [6.07, 6.45) is -0.309. The number of hydrogen-bond donors (Lipinski definition) is 6. The second-order valence-electron chi connectivity index (χ2n) is 7.03. The number of carboxylic acid groups (broad SMARTS) is 2. The van der Waals surface area contributed by atoms with E-state index in [9.17, 15) is 33.9 Å². The van der Waals surface area contributed by atoms with Gasteiger partial charge in [0, 0.05) is 13.0 Å². The minimum atomic E-state index is -1.42. The number of rotatable bonds is 11. The molecule has 0 spiro atoms. The first-order chi connectivity index (χ1) is 13.9. The molecule has 1 fully saturated rings.